The van der Waals surface area contributed by atoms with Crippen molar-refractivity contribution in [3.8, 4) is 5.75 Å². The number of methoxy groups -OCH3 is 1. The Hall–Kier alpha value is -2.54. The van der Waals surface area contributed by atoms with Crippen molar-refractivity contribution >= 4 is 21.6 Å². The van der Waals surface area contributed by atoms with Gasteiger partial charge in [-0.3, -0.25) is 9.52 Å². The summed E-state index contributed by atoms with van der Waals surface area (Å²) in [5.41, 5.74) is 1.73. The molecule has 0 radical (unpaired) electrons. The molecule has 0 bridgehead atoms. The van der Waals surface area contributed by atoms with Gasteiger partial charge in [-0.05, 0) is 49.6 Å². The summed E-state index contributed by atoms with van der Waals surface area (Å²) in [6.07, 6.45) is 0.791. The van der Waals surface area contributed by atoms with Crippen molar-refractivity contribution in [2.75, 3.05) is 11.8 Å². The number of nitrogens with one attached hydrogen (secondary N) is 2. The normalized spacial score (nSPS) is 12.5. The molecule has 0 fully saturated rings. The average Bonchev–Trinajstić information content (AvgIpc) is 2.66. The fraction of sp³-hybridized carbons (Fsp3) is 0.381. The van der Waals surface area contributed by atoms with Gasteiger partial charge in [-0.25, -0.2) is 8.42 Å². The van der Waals surface area contributed by atoms with Crippen molar-refractivity contribution in [3.63, 3.8) is 0 Å². The maximum Gasteiger partial charge on any atom is 0.265 e. The Bertz CT molecular complexity index is 922. The van der Waals surface area contributed by atoms with E-state index in [2.05, 4.69) is 10.0 Å². The van der Waals surface area contributed by atoms with E-state index in [9.17, 15) is 13.2 Å². The van der Waals surface area contributed by atoms with Crippen LogP contribution in [-0.4, -0.2) is 27.5 Å². The molecule has 0 spiro atoms. The smallest absolute Gasteiger partial charge is 0.265 e. The summed E-state index contributed by atoms with van der Waals surface area (Å²) in [5.74, 6) is 0.139. The highest BCUT2D eigenvalue weighted by Gasteiger charge is 2.23. The SMILES string of the molecule is CCC(NC(=O)c1ccc(OC)c(S(=O)(=O)Nc2ccc(C)cc2)c1)C(C)C. The van der Waals surface area contributed by atoms with Crippen molar-refractivity contribution in [2.45, 2.75) is 45.1 Å². The molecule has 2 aromatic carbocycles. The van der Waals surface area contributed by atoms with Gasteiger partial charge in [0.1, 0.15) is 10.6 Å². The van der Waals surface area contributed by atoms with Gasteiger partial charge in [-0.2, -0.15) is 0 Å². The number of ether oxygens (including phenoxy) is 1. The van der Waals surface area contributed by atoms with Gasteiger partial charge in [0.05, 0.1) is 7.11 Å². The molecule has 2 N–H and O–H groups in total. The van der Waals surface area contributed by atoms with Crippen LogP contribution in [0.5, 0.6) is 5.75 Å². The molecule has 0 aromatic heterocycles. The number of benzene rings is 2. The zero-order chi connectivity index (χ0) is 20.9. The van der Waals surface area contributed by atoms with Gasteiger partial charge >= 0.3 is 0 Å². The molecule has 2 aromatic rings. The molecule has 1 amide bonds. The molecule has 0 saturated carbocycles. The van der Waals surface area contributed by atoms with Crippen molar-refractivity contribution in [1.82, 2.24) is 5.32 Å². The van der Waals surface area contributed by atoms with E-state index in [0.717, 1.165) is 12.0 Å². The molecule has 0 saturated heterocycles. The lowest BCUT2D eigenvalue weighted by molar-refractivity contribution is 0.0924. The van der Waals surface area contributed by atoms with E-state index in [1.54, 1.807) is 18.2 Å². The zero-order valence-corrected chi connectivity index (χ0v) is 17.8. The van der Waals surface area contributed by atoms with Crippen LogP contribution in [-0.2, 0) is 10.0 Å². The van der Waals surface area contributed by atoms with Crippen LogP contribution in [0.2, 0.25) is 0 Å². The monoisotopic (exact) mass is 404 g/mol. The first-order chi connectivity index (χ1) is 13.2. The zero-order valence-electron chi connectivity index (χ0n) is 16.9. The summed E-state index contributed by atoms with van der Waals surface area (Å²) in [7, 11) is -2.54. The molecule has 7 heteroatoms. The minimum absolute atomic E-state index is 0.0142. The van der Waals surface area contributed by atoms with Crippen LogP contribution in [0.25, 0.3) is 0 Å². The molecular weight excluding hydrogens is 376 g/mol. The molecule has 0 aliphatic carbocycles. The van der Waals surface area contributed by atoms with Crippen LogP contribution in [0, 0.1) is 12.8 Å². The number of hydrogen-bond donors (Lipinski definition) is 2. The number of carbonyl (C=O) groups is 1. The molecule has 2 rings (SSSR count). The second kappa shape index (κ2) is 9.10. The minimum atomic E-state index is -3.93. The molecule has 28 heavy (non-hydrogen) atoms. The van der Waals surface area contributed by atoms with Gasteiger partial charge in [0.25, 0.3) is 15.9 Å². The van der Waals surface area contributed by atoms with Gasteiger partial charge in [-0.1, -0.05) is 38.5 Å². The Kier molecular flexibility index (Phi) is 7.07. The summed E-state index contributed by atoms with van der Waals surface area (Å²) in [6.45, 7) is 7.98. The summed E-state index contributed by atoms with van der Waals surface area (Å²) in [6, 6.07) is 11.4. The highest BCUT2D eigenvalue weighted by molar-refractivity contribution is 7.92. The minimum Gasteiger partial charge on any atom is -0.495 e. The third-order valence-corrected chi connectivity index (χ3v) is 5.98. The second-order valence-electron chi connectivity index (χ2n) is 7.07. The number of carbonyl (C=O) groups excluding carboxylic acids is 1. The first-order valence-corrected chi connectivity index (χ1v) is 10.7. The van der Waals surface area contributed by atoms with E-state index in [4.69, 9.17) is 4.74 Å². The van der Waals surface area contributed by atoms with Crippen molar-refractivity contribution in [1.29, 1.82) is 0 Å². The average molecular weight is 405 g/mol. The lowest BCUT2D eigenvalue weighted by atomic mass is 10.0. The van der Waals surface area contributed by atoms with Crippen LogP contribution in [0.3, 0.4) is 0 Å². The number of anilines is 1. The van der Waals surface area contributed by atoms with Crippen molar-refractivity contribution in [2.24, 2.45) is 5.92 Å². The maximum atomic E-state index is 12.9. The number of aryl methyl sites for hydroxylation is 1. The van der Waals surface area contributed by atoms with Crippen LogP contribution >= 0.6 is 0 Å². The third-order valence-electron chi connectivity index (χ3n) is 4.58. The lowest BCUT2D eigenvalue weighted by Gasteiger charge is -2.21. The predicted octanol–water partition coefficient (Wildman–Crippen LogP) is 3.97. The first kappa shape index (κ1) is 21.8. The largest absolute Gasteiger partial charge is 0.495 e. The summed E-state index contributed by atoms with van der Waals surface area (Å²) in [5, 5.41) is 2.96. The Morgan fingerprint density at radius 1 is 1.11 bits per heavy atom. The van der Waals surface area contributed by atoms with E-state index in [1.165, 1.54) is 19.2 Å². The van der Waals surface area contributed by atoms with Crippen LogP contribution < -0.4 is 14.8 Å². The molecule has 0 heterocycles. The highest BCUT2D eigenvalue weighted by Crippen LogP contribution is 2.27. The summed E-state index contributed by atoms with van der Waals surface area (Å²) in [4.78, 5) is 12.5. The Balaban J connectivity index is 2.36. The van der Waals surface area contributed by atoms with Crippen molar-refractivity contribution in [3.05, 3.63) is 53.6 Å². The maximum absolute atomic E-state index is 12.9. The van der Waals surface area contributed by atoms with E-state index < -0.39 is 10.0 Å². The molecule has 1 atom stereocenters. The highest BCUT2D eigenvalue weighted by atomic mass is 32.2. The molecule has 6 nitrogen and oxygen atoms in total. The quantitative estimate of drug-likeness (QED) is 0.697. The number of sulfonamides is 1. The van der Waals surface area contributed by atoms with Gasteiger partial charge in [-0.15, -0.1) is 0 Å². The third kappa shape index (κ3) is 5.25. The fourth-order valence-electron chi connectivity index (χ4n) is 2.85. The summed E-state index contributed by atoms with van der Waals surface area (Å²) < 4.78 is 33.6. The van der Waals surface area contributed by atoms with E-state index in [0.29, 0.717) is 5.69 Å². The predicted molar refractivity (Wildman–Crippen MR) is 111 cm³/mol. The fourth-order valence-corrected chi connectivity index (χ4v) is 4.11. The molecule has 0 aliphatic heterocycles. The van der Waals surface area contributed by atoms with E-state index >= 15 is 0 Å². The van der Waals surface area contributed by atoms with Gasteiger partial charge in [0.15, 0.2) is 0 Å². The standard InChI is InChI=1S/C21H28N2O4S/c1-6-18(14(2)3)22-21(24)16-9-12-19(27-5)20(13-16)28(25,26)23-17-10-7-15(4)8-11-17/h7-14,18,23H,6H2,1-5H3,(H,22,24). The number of rotatable bonds is 8. The Morgan fingerprint density at radius 2 is 1.75 bits per heavy atom. The summed E-state index contributed by atoms with van der Waals surface area (Å²) >= 11 is 0. The number of amides is 1. The van der Waals surface area contributed by atoms with Crippen LogP contribution in [0.4, 0.5) is 5.69 Å². The second-order valence-corrected chi connectivity index (χ2v) is 8.72. The topological polar surface area (TPSA) is 84.5 Å². The van der Waals surface area contributed by atoms with Gasteiger partial charge in [0, 0.05) is 17.3 Å². The van der Waals surface area contributed by atoms with Crippen LogP contribution in [0.15, 0.2) is 47.4 Å². The Morgan fingerprint density at radius 3 is 2.29 bits per heavy atom. The van der Waals surface area contributed by atoms with Crippen LogP contribution in [0.1, 0.15) is 43.1 Å². The lowest BCUT2D eigenvalue weighted by Crippen LogP contribution is -2.38. The van der Waals surface area contributed by atoms with E-state index in [-0.39, 0.29) is 34.1 Å². The van der Waals surface area contributed by atoms with Gasteiger partial charge < -0.3 is 10.1 Å². The molecule has 1 unspecified atom stereocenters. The van der Waals surface area contributed by atoms with Gasteiger partial charge in [0.2, 0.25) is 0 Å². The number of hydrogen-bond acceptors (Lipinski definition) is 4. The first-order valence-electron chi connectivity index (χ1n) is 9.26. The molecule has 0 aliphatic rings. The van der Waals surface area contributed by atoms with E-state index in [1.807, 2.05) is 39.8 Å². The Labute approximate surface area is 167 Å². The van der Waals surface area contributed by atoms with Crippen molar-refractivity contribution < 1.29 is 17.9 Å². The molecule has 152 valence electrons. The molecular formula is C21H28N2O4S.